The number of hydrogen-bond acceptors (Lipinski definition) is 5. The summed E-state index contributed by atoms with van der Waals surface area (Å²) in [6.45, 7) is 0.600. The number of carboxylic acid groups (broad SMARTS) is 1. The van der Waals surface area contributed by atoms with Crippen molar-refractivity contribution < 1.29 is 49.0 Å². The zero-order valence-electron chi connectivity index (χ0n) is 16.1. The summed E-state index contributed by atoms with van der Waals surface area (Å²) in [5.74, 6) is -0.266. The van der Waals surface area contributed by atoms with Crippen LogP contribution < -0.4 is 44.7 Å². The average Bonchev–Trinajstić information content (AvgIpc) is 3.58. The molecule has 0 bridgehead atoms. The Morgan fingerprint density at radius 1 is 1.15 bits per heavy atom. The van der Waals surface area contributed by atoms with Gasteiger partial charge in [-0.2, -0.15) is 0 Å². The third-order valence-electron chi connectivity index (χ3n) is 6.13. The van der Waals surface area contributed by atoms with Crippen LogP contribution in [0.4, 0.5) is 0 Å². The number of ether oxygens (including phenoxy) is 1. The fourth-order valence-electron chi connectivity index (χ4n) is 4.26. The number of carboxylic acids is 1. The normalized spacial score (nSPS) is 26.1. The standard InChI is InChI=1S/C20H26N2O4.Na/c1-26-15-6-2-13(3-7-15)20(10-11-20)12-21-18(23)16-8-9-17(19(24)25)22(16)14-4-5-14;/h2-3,6-7,14,16-17H,4-5,8-12H2,1H3,(H,21,23)(H,24,25);/q;+1/p-1. The maximum atomic E-state index is 12.8. The molecule has 7 heteroatoms. The molecule has 3 aliphatic rings. The minimum atomic E-state index is -1.05. The van der Waals surface area contributed by atoms with Crippen molar-refractivity contribution in [3.63, 3.8) is 0 Å². The number of carbonyl (C=O) groups is 2. The van der Waals surface area contributed by atoms with E-state index in [1.54, 1.807) is 7.11 Å². The predicted molar refractivity (Wildman–Crippen MR) is 93.6 cm³/mol. The summed E-state index contributed by atoms with van der Waals surface area (Å²) in [5, 5.41) is 14.5. The van der Waals surface area contributed by atoms with E-state index in [-0.39, 0.29) is 53.0 Å². The third kappa shape index (κ3) is 4.19. The third-order valence-corrected chi connectivity index (χ3v) is 6.13. The number of hydrogen-bond donors (Lipinski definition) is 1. The molecule has 1 aliphatic heterocycles. The van der Waals surface area contributed by atoms with Crippen LogP contribution in [0.1, 0.15) is 44.1 Å². The molecule has 1 aromatic carbocycles. The Hall–Kier alpha value is -1.08. The van der Waals surface area contributed by atoms with Gasteiger partial charge in [0, 0.05) is 18.0 Å². The van der Waals surface area contributed by atoms with Gasteiger partial charge in [-0.05, 0) is 56.2 Å². The van der Waals surface area contributed by atoms with Crippen molar-refractivity contribution in [3.8, 4) is 5.75 Å². The molecular formula is C20H25N2NaO4. The Labute approximate surface area is 181 Å². The first-order valence-corrected chi connectivity index (χ1v) is 9.45. The Kier molecular flexibility index (Phi) is 6.21. The Balaban J connectivity index is 0.00000210. The van der Waals surface area contributed by atoms with E-state index < -0.39 is 12.0 Å². The van der Waals surface area contributed by atoms with Gasteiger partial charge in [0.1, 0.15) is 5.75 Å². The molecule has 4 rings (SSSR count). The van der Waals surface area contributed by atoms with Crippen LogP contribution in [-0.2, 0) is 15.0 Å². The fraction of sp³-hybridized carbons (Fsp3) is 0.600. The van der Waals surface area contributed by atoms with Crippen molar-refractivity contribution in [2.45, 2.75) is 62.1 Å². The Morgan fingerprint density at radius 3 is 2.30 bits per heavy atom. The van der Waals surface area contributed by atoms with E-state index in [0.717, 1.165) is 31.4 Å². The summed E-state index contributed by atoms with van der Waals surface area (Å²) in [6.07, 6.45) is 5.15. The Morgan fingerprint density at radius 2 is 1.78 bits per heavy atom. The molecule has 0 aromatic heterocycles. The zero-order valence-corrected chi connectivity index (χ0v) is 18.1. The number of rotatable bonds is 7. The van der Waals surface area contributed by atoms with Crippen LogP contribution in [0, 0.1) is 0 Å². The second-order valence-corrected chi connectivity index (χ2v) is 7.83. The number of likely N-dealkylation sites (tertiary alicyclic amines) is 1. The molecule has 6 nitrogen and oxygen atoms in total. The monoisotopic (exact) mass is 380 g/mol. The number of nitrogens with one attached hydrogen (secondary N) is 1. The number of methoxy groups -OCH3 is 1. The van der Waals surface area contributed by atoms with E-state index in [9.17, 15) is 14.7 Å². The van der Waals surface area contributed by atoms with E-state index in [0.29, 0.717) is 19.4 Å². The number of nitrogens with zero attached hydrogens (tertiary/aromatic N) is 1. The Bertz CT molecular complexity index is 700. The van der Waals surface area contributed by atoms with Gasteiger partial charge < -0.3 is 20.0 Å². The first kappa shape index (κ1) is 20.6. The molecule has 1 aromatic rings. The summed E-state index contributed by atoms with van der Waals surface area (Å²) >= 11 is 0. The van der Waals surface area contributed by atoms with E-state index in [1.807, 2.05) is 17.0 Å². The molecule has 27 heavy (non-hydrogen) atoms. The van der Waals surface area contributed by atoms with Crippen LogP contribution >= 0.6 is 0 Å². The fourth-order valence-corrected chi connectivity index (χ4v) is 4.26. The largest absolute Gasteiger partial charge is 1.00 e. The van der Waals surface area contributed by atoms with E-state index >= 15 is 0 Å². The van der Waals surface area contributed by atoms with Crippen LogP contribution in [0.2, 0.25) is 0 Å². The van der Waals surface area contributed by atoms with E-state index in [2.05, 4.69) is 17.4 Å². The van der Waals surface area contributed by atoms with E-state index in [4.69, 9.17) is 4.74 Å². The zero-order chi connectivity index (χ0) is 18.3. The number of carbonyl (C=O) groups excluding carboxylic acids is 2. The number of benzene rings is 1. The maximum absolute atomic E-state index is 12.8. The molecule has 1 heterocycles. The summed E-state index contributed by atoms with van der Waals surface area (Å²) in [7, 11) is 1.65. The molecule has 2 atom stereocenters. The van der Waals surface area contributed by atoms with Gasteiger partial charge in [-0.1, -0.05) is 12.1 Å². The molecule has 2 saturated carbocycles. The van der Waals surface area contributed by atoms with Crippen LogP contribution in [0.25, 0.3) is 0 Å². The minimum absolute atomic E-state index is 0. The van der Waals surface area contributed by atoms with Gasteiger partial charge in [0.2, 0.25) is 5.91 Å². The molecular weight excluding hydrogens is 355 g/mol. The first-order valence-electron chi connectivity index (χ1n) is 9.45. The van der Waals surface area contributed by atoms with Crippen molar-refractivity contribution in [2.75, 3.05) is 13.7 Å². The van der Waals surface area contributed by atoms with Gasteiger partial charge in [-0.15, -0.1) is 0 Å². The van der Waals surface area contributed by atoms with E-state index in [1.165, 1.54) is 5.56 Å². The van der Waals surface area contributed by atoms with Crippen LogP contribution in [0.15, 0.2) is 24.3 Å². The molecule has 1 saturated heterocycles. The topological polar surface area (TPSA) is 81.7 Å². The summed E-state index contributed by atoms with van der Waals surface area (Å²) in [4.78, 5) is 26.0. The van der Waals surface area contributed by atoms with Gasteiger partial charge in [-0.25, -0.2) is 0 Å². The summed E-state index contributed by atoms with van der Waals surface area (Å²) in [6, 6.07) is 7.31. The molecule has 0 spiro atoms. The maximum Gasteiger partial charge on any atom is 1.00 e. The minimum Gasteiger partial charge on any atom is -0.548 e. The molecule has 2 aliphatic carbocycles. The van der Waals surface area contributed by atoms with Gasteiger partial charge in [-0.3, -0.25) is 9.69 Å². The number of aliphatic carboxylic acids is 1. The van der Waals surface area contributed by atoms with Crippen molar-refractivity contribution in [1.29, 1.82) is 0 Å². The van der Waals surface area contributed by atoms with Crippen molar-refractivity contribution in [1.82, 2.24) is 10.2 Å². The van der Waals surface area contributed by atoms with Crippen molar-refractivity contribution in [3.05, 3.63) is 29.8 Å². The first-order chi connectivity index (χ1) is 12.5. The average molecular weight is 380 g/mol. The second kappa shape index (κ2) is 8.11. The van der Waals surface area contributed by atoms with Gasteiger partial charge in [0.25, 0.3) is 0 Å². The molecule has 1 amide bonds. The van der Waals surface area contributed by atoms with Gasteiger partial charge >= 0.3 is 29.6 Å². The van der Waals surface area contributed by atoms with Crippen molar-refractivity contribution >= 4 is 11.9 Å². The molecule has 3 fully saturated rings. The van der Waals surface area contributed by atoms with Crippen molar-refractivity contribution in [2.24, 2.45) is 0 Å². The molecule has 1 N–H and O–H groups in total. The van der Waals surface area contributed by atoms with Crippen LogP contribution in [-0.4, -0.2) is 48.6 Å². The SMILES string of the molecule is COc1ccc(C2(CNC(=O)C3CCC(C(=O)[O-])N3C3CC3)CC2)cc1.[Na+]. The predicted octanol–water partition coefficient (Wildman–Crippen LogP) is -2.41. The second-order valence-electron chi connectivity index (χ2n) is 7.83. The smallest absolute Gasteiger partial charge is 0.548 e. The molecule has 0 radical (unpaired) electrons. The van der Waals surface area contributed by atoms with Gasteiger partial charge in [0.15, 0.2) is 0 Å². The van der Waals surface area contributed by atoms with Crippen LogP contribution in [0.3, 0.4) is 0 Å². The quantitative estimate of drug-likeness (QED) is 0.533. The van der Waals surface area contributed by atoms with Gasteiger partial charge in [0.05, 0.1) is 25.2 Å². The van der Waals surface area contributed by atoms with Crippen LogP contribution in [0.5, 0.6) is 5.75 Å². The summed E-state index contributed by atoms with van der Waals surface area (Å²) in [5.41, 5.74) is 1.23. The number of amides is 1. The summed E-state index contributed by atoms with van der Waals surface area (Å²) < 4.78 is 5.21. The molecule has 140 valence electrons. The molecule has 2 unspecified atom stereocenters.